The minimum absolute atomic E-state index is 0.0302. The first-order valence-corrected chi connectivity index (χ1v) is 11.5. The predicted octanol–water partition coefficient (Wildman–Crippen LogP) is 3.09. The average Bonchev–Trinajstić information content (AvgIpc) is 2.73. The summed E-state index contributed by atoms with van der Waals surface area (Å²) in [7, 11) is -3.74. The van der Waals surface area contributed by atoms with Crippen molar-refractivity contribution in [2.75, 3.05) is 19.6 Å². The molecular formula is C22H26F2N2O4S. The summed E-state index contributed by atoms with van der Waals surface area (Å²) in [6.07, 6.45) is -0.281. The van der Waals surface area contributed by atoms with E-state index in [0.29, 0.717) is 13.1 Å². The van der Waals surface area contributed by atoms with Gasteiger partial charge in [0, 0.05) is 25.2 Å². The van der Waals surface area contributed by atoms with E-state index in [1.807, 2.05) is 13.8 Å². The number of halogens is 2. The molecule has 3 rings (SSSR count). The zero-order valence-corrected chi connectivity index (χ0v) is 18.2. The maximum absolute atomic E-state index is 13.3. The van der Waals surface area contributed by atoms with Crippen LogP contribution in [0.25, 0.3) is 0 Å². The van der Waals surface area contributed by atoms with Crippen molar-refractivity contribution in [1.29, 1.82) is 0 Å². The Kier molecular flexibility index (Phi) is 7.08. The van der Waals surface area contributed by atoms with Crippen LogP contribution >= 0.6 is 0 Å². The number of nitrogens with one attached hydrogen (secondary N) is 1. The van der Waals surface area contributed by atoms with Gasteiger partial charge in [0.1, 0.15) is 0 Å². The molecule has 1 aliphatic heterocycles. The summed E-state index contributed by atoms with van der Waals surface area (Å²) >= 11 is 0. The monoisotopic (exact) mass is 452 g/mol. The fourth-order valence-corrected chi connectivity index (χ4v) is 5.60. The molecule has 1 saturated heterocycles. The summed E-state index contributed by atoms with van der Waals surface area (Å²) in [4.78, 5) is 12.5. The van der Waals surface area contributed by atoms with Crippen LogP contribution in [0.4, 0.5) is 8.78 Å². The van der Waals surface area contributed by atoms with Crippen molar-refractivity contribution >= 4 is 15.9 Å². The van der Waals surface area contributed by atoms with Crippen molar-refractivity contribution in [1.82, 2.24) is 9.62 Å². The van der Waals surface area contributed by atoms with Crippen LogP contribution in [0.5, 0.6) is 0 Å². The Morgan fingerprint density at radius 1 is 1.13 bits per heavy atom. The Labute approximate surface area is 180 Å². The first-order chi connectivity index (χ1) is 14.6. The third-order valence-electron chi connectivity index (χ3n) is 5.35. The van der Waals surface area contributed by atoms with Crippen LogP contribution in [0.2, 0.25) is 0 Å². The lowest BCUT2D eigenvalue weighted by Gasteiger charge is -2.34. The van der Waals surface area contributed by atoms with Gasteiger partial charge in [-0.3, -0.25) is 4.79 Å². The molecular weight excluding hydrogens is 426 g/mol. The minimum atomic E-state index is -3.74. The first-order valence-electron chi connectivity index (χ1n) is 10.1. The highest BCUT2D eigenvalue weighted by molar-refractivity contribution is 7.89. The zero-order chi connectivity index (χ0) is 22.8. The van der Waals surface area contributed by atoms with Crippen LogP contribution in [0.15, 0.2) is 47.4 Å². The topological polar surface area (TPSA) is 86.7 Å². The van der Waals surface area contributed by atoms with Crippen LogP contribution in [0.1, 0.15) is 42.3 Å². The van der Waals surface area contributed by atoms with Gasteiger partial charge in [0.05, 0.1) is 11.0 Å². The van der Waals surface area contributed by atoms with E-state index in [1.165, 1.54) is 34.6 Å². The van der Waals surface area contributed by atoms with E-state index < -0.39 is 33.7 Å². The summed E-state index contributed by atoms with van der Waals surface area (Å²) in [6, 6.07) is 8.70. The van der Waals surface area contributed by atoms with Crippen molar-refractivity contribution < 1.29 is 27.1 Å². The normalized spacial score (nSPS) is 20.9. The number of aliphatic hydroxyl groups is 1. The number of amides is 1. The molecule has 0 saturated carbocycles. The van der Waals surface area contributed by atoms with E-state index in [1.54, 1.807) is 0 Å². The fraction of sp³-hybridized carbons (Fsp3) is 0.409. The molecule has 9 heteroatoms. The highest BCUT2D eigenvalue weighted by Gasteiger charge is 2.32. The molecule has 6 nitrogen and oxygen atoms in total. The third-order valence-corrected chi connectivity index (χ3v) is 7.18. The van der Waals surface area contributed by atoms with Gasteiger partial charge in [-0.2, -0.15) is 4.31 Å². The van der Waals surface area contributed by atoms with Gasteiger partial charge in [-0.1, -0.05) is 26.0 Å². The molecule has 1 heterocycles. The van der Waals surface area contributed by atoms with E-state index in [2.05, 4.69) is 5.32 Å². The van der Waals surface area contributed by atoms with Crippen LogP contribution in [0, 0.1) is 23.5 Å². The number of hydrogen-bond acceptors (Lipinski definition) is 4. The second-order valence-corrected chi connectivity index (χ2v) is 10.1. The van der Waals surface area contributed by atoms with Gasteiger partial charge in [0.2, 0.25) is 10.0 Å². The van der Waals surface area contributed by atoms with Crippen molar-refractivity contribution in [3.63, 3.8) is 0 Å². The van der Waals surface area contributed by atoms with Crippen LogP contribution in [0.3, 0.4) is 0 Å². The van der Waals surface area contributed by atoms with Gasteiger partial charge in [0.25, 0.3) is 5.91 Å². The first kappa shape index (κ1) is 23.3. The molecule has 2 aromatic rings. The number of nitrogens with zero attached hydrogens (tertiary/aromatic N) is 1. The molecule has 3 unspecified atom stereocenters. The quantitative estimate of drug-likeness (QED) is 0.705. The zero-order valence-electron chi connectivity index (χ0n) is 17.4. The third kappa shape index (κ3) is 5.47. The largest absolute Gasteiger partial charge is 0.387 e. The van der Waals surface area contributed by atoms with Crippen LogP contribution in [-0.2, 0) is 10.0 Å². The minimum Gasteiger partial charge on any atom is -0.387 e. The second kappa shape index (κ2) is 9.42. The fourth-order valence-electron chi connectivity index (χ4n) is 3.88. The highest BCUT2D eigenvalue weighted by atomic mass is 32.2. The van der Waals surface area contributed by atoms with Crippen molar-refractivity contribution in [2.24, 2.45) is 11.8 Å². The molecule has 2 aromatic carbocycles. The molecule has 168 valence electrons. The van der Waals surface area contributed by atoms with E-state index in [0.717, 1.165) is 18.6 Å². The Bertz CT molecular complexity index is 1050. The summed E-state index contributed by atoms with van der Waals surface area (Å²) in [5.41, 5.74) is 0.237. The van der Waals surface area contributed by atoms with Gasteiger partial charge in [-0.05, 0) is 54.2 Å². The molecule has 31 heavy (non-hydrogen) atoms. The number of rotatable bonds is 6. The predicted molar refractivity (Wildman–Crippen MR) is 112 cm³/mol. The molecule has 2 N–H and O–H groups in total. The molecule has 3 atom stereocenters. The van der Waals surface area contributed by atoms with Gasteiger partial charge in [0.15, 0.2) is 11.6 Å². The lowest BCUT2D eigenvalue weighted by atomic mass is 9.94. The molecule has 1 aliphatic rings. The number of carbonyl (C=O) groups is 1. The SMILES string of the molecule is CC1CC(C)CN(S(=O)(=O)c2cccc(C(=O)NCC(O)c3ccc(F)c(F)c3)c2)C1. The maximum Gasteiger partial charge on any atom is 0.251 e. The highest BCUT2D eigenvalue weighted by Crippen LogP contribution is 2.27. The number of sulfonamides is 1. The van der Waals surface area contributed by atoms with Crippen LogP contribution in [-0.4, -0.2) is 43.4 Å². The molecule has 0 spiro atoms. The molecule has 0 bridgehead atoms. The number of benzene rings is 2. The molecule has 0 aromatic heterocycles. The maximum atomic E-state index is 13.3. The molecule has 0 radical (unpaired) electrons. The summed E-state index contributed by atoms with van der Waals surface area (Å²) in [5, 5.41) is 12.6. The summed E-state index contributed by atoms with van der Waals surface area (Å²) in [6.45, 7) is 4.65. The van der Waals surface area contributed by atoms with Crippen LogP contribution < -0.4 is 5.32 Å². The van der Waals surface area contributed by atoms with E-state index in [-0.39, 0.29) is 34.4 Å². The summed E-state index contributed by atoms with van der Waals surface area (Å²) < 4.78 is 53.9. The number of carbonyl (C=O) groups excluding carboxylic acids is 1. The van der Waals surface area contributed by atoms with Gasteiger partial charge in [-0.15, -0.1) is 0 Å². The van der Waals surface area contributed by atoms with E-state index in [4.69, 9.17) is 0 Å². The lowest BCUT2D eigenvalue weighted by Crippen LogP contribution is -2.42. The number of piperidine rings is 1. The molecule has 1 fully saturated rings. The van der Waals surface area contributed by atoms with Gasteiger partial charge < -0.3 is 10.4 Å². The molecule has 0 aliphatic carbocycles. The van der Waals surface area contributed by atoms with E-state index >= 15 is 0 Å². The van der Waals surface area contributed by atoms with Crippen molar-refractivity contribution in [3.8, 4) is 0 Å². The Morgan fingerprint density at radius 3 is 2.45 bits per heavy atom. The van der Waals surface area contributed by atoms with E-state index in [9.17, 15) is 27.1 Å². The average molecular weight is 453 g/mol. The Morgan fingerprint density at radius 2 is 1.81 bits per heavy atom. The van der Waals surface area contributed by atoms with Gasteiger partial charge in [-0.25, -0.2) is 17.2 Å². The second-order valence-electron chi connectivity index (χ2n) is 8.20. The van der Waals surface area contributed by atoms with Crippen molar-refractivity contribution in [2.45, 2.75) is 31.3 Å². The number of aliphatic hydroxyl groups excluding tert-OH is 1. The lowest BCUT2D eigenvalue weighted by molar-refractivity contribution is 0.0916. The van der Waals surface area contributed by atoms with Crippen molar-refractivity contribution in [3.05, 3.63) is 65.2 Å². The Balaban J connectivity index is 1.70. The standard InChI is InChI=1S/C22H26F2N2O4S/c1-14-8-15(2)13-26(12-14)31(29,30)18-5-3-4-17(9-18)22(28)25-11-21(27)16-6-7-19(23)20(24)10-16/h3-7,9-10,14-15,21,27H,8,11-13H2,1-2H3,(H,25,28). The number of hydrogen-bond donors (Lipinski definition) is 2. The van der Waals surface area contributed by atoms with Gasteiger partial charge >= 0.3 is 0 Å². The Hall–Kier alpha value is -2.36. The smallest absolute Gasteiger partial charge is 0.251 e. The summed E-state index contributed by atoms with van der Waals surface area (Å²) in [5.74, 6) is -2.21. The molecule has 1 amide bonds.